The molecule has 1 aromatic carbocycles. The van der Waals surface area contributed by atoms with Gasteiger partial charge in [-0.25, -0.2) is 0 Å². The van der Waals surface area contributed by atoms with Gasteiger partial charge in [-0.05, 0) is 49.4 Å². The van der Waals surface area contributed by atoms with E-state index in [0.717, 1.165) is 39.0 Å². The Hall–Kier alpha value is -1.06. The van der Waals surface area contributed by atoms with E-state index in [0.29, 0.717) is 17.7 Å². The predicted octanol–water partition coefficient (Wildman–Crippen LogP) is 2.34. The summed E-state index contributed by atoms with van der Waals surface area (Å²) in [5, 5.41) is 12.9. The highest BCUT2D eigenvalue weighted by atomic mass is 16.5. The monoisotopic (exact) mass is 249 g/mol. The van der Waals surface area contributed by atoms with E-state index in [9.17, 15) is 5.11 Å². The molecule has 0 spiro atoms. The molecule has 0 aliphatic carbocycles. The molecule has 1 heterocycles. The molecule has 1 fully saturated rings. The van der Waals surface area contributed by atoms with Gasteiger partial charge in [0, 0.05) is 19.3 Å². The Morgan fingerprint density at radius 1 is 1.28 bits per heavy atom. The highest BCUT2D eigenvalue weighted by molar-refractivity contribution is 5.26. The first-order valence-electron chi connectivity index (χ1n) is 6.88. The molecule has 0 bridgehead atoms. The zero-order chi connectivity index (χ0) is 12.8. The van der Waals surface area contributed by atoms with Crippen molar-refractivity contribution in [1.29, 1.82) is 0 Å². The molecular formula is C15H23NO2. The number of phenols is 1. The van der Waals surface area contributed by atoms with Crippen LogP contribution in [0.4, 0.5) is 0 Å². The van der Waals surface area contributed by atoms with Crippen LogP contribution in [0.3, 0.4) is 0 Å². The zero-order valence-corrected chi connectivity index (χ0v) is 11.1. The maximum atomic E-state index is 9.31. The van der Waals surface area contributed by atoms with Gasteiger partial charge in [0.05, 0.1) is 0 Å². The summed E-state index contributed by atoms with van der Waals surface area (Å²) in [6.45, 7) is 4.94. The van der Waals surface area contributed by atoms with Crippen LogP contribution in [-0.4, -0.2) is 30.9 Å². The van der Waals surface area contributed by atoms with Gasteiger partial charge in [0.2, 0.25) is 0 Å². The zero-order valence-electron chi connectivity index (χ0n) is 11.1. The van der Waals surface area contributed by atoms with E-state index >= 15 is 0 Å². The van der Waals surface area contributed by atoms with Gasteiger partial charge >= 0.3 is 0 Å². The fraction of sp³-hybridized carbons (Fsp3) is 0.600. The molecule has 1 aliphatic rings. The Kier molecular flexibility index (Phi) is 5.02. The van der Waals surface area contributed by atoms with Gasteiger partial charge in [0.25, 0.3) is 0 Å². The number of aromatic hydroxyl groups is 1. The lowest BCUT2D eigenvalue weighted by Gasteiger charge is -2.31. The smallest absolute Gasteiger partial charge is 0.115 e. The second kappa shape index (κ2) is 6.76. The van der Waals surface area contributed by atoms with Crippen molar-refractivity contribution in [3.8, 4) is 5.75 Å². The first kappa shape index (κ1) is 13.4. The SMILES string of the molecule is CCNC(Cc1ccc(O)cc1)C1CCOCC1. The molecule has 1 saturated heterocycles. The predicted molar refractivity (Wildman–Crippen MR) is 72.8 cm³/mol. The van der Waals surface area contributed by atoms with Crippen molar-refractivity contribution in [2.45, 2.75) is 32.2 Å². The number of likely N-dealkylation sites (N-methyl/N-ethyl adjacent to an activating group) is 1. The first-order chi connectivity index (χ1) is 8.79. The minimum absolute atomic E-state index is 0.338. The Labute approximate surface area is 109 Å². The summed E-state index contributed by atoms with van der Waals surface area (Å²) in [7, 11) is 0. The van der Waals surface area contributed by atoms with E-state index in [1.54, 1.807) is 12.1 Å². The molecule has 1 unspecified atom stereocenters. The van der Waals surface area contributed by atoms with E-state index in [-0.39, 0.29) is 0 Å². The summed E-state index contributed by atoms with van der Waals surface area (Å²) in [6.07, 6.45) is 3.32. The standard InChI is InChI=1S/C15H23NO2/c1-2-16-15(13-7-9-18-10-8-13)11-12-3-5-14(17)6-4-12/h3-6,13,15-17H,2,7-11H2,1H3. The molecule has 2 rings (SSSR count). The van der Waals surface area contributed by atoms with Gasteiger partial charge in [-0.3, -0.25) is 0 Å². The van der Waals surface area contributed by atoms with Crippen LogP contribution < -0.4 is 5.32 Å². The summed E-state index contributed by atoms with van der Waals surface area (Å²) in [5.41, 5.74) is 1.28. The van der Waals surface area contributed by atoms with Gasteiger partial charge in [0.1, 0.15) is 5.75 Å². The summed E-state index contributed by atoms with van der Waals surface area (Å²) >= 11 is 0. The summed E-state index contributed by atoms with van der Waals surface area (Å²) in [5.74, 6) is 1.04. The average Bonchev–Trinajstić information content (AvgIpc) is 2.42. The van der Waals surface area contributed by atoms with Crippen molar-refractivity contribution in [2.24, 2.45) is 5.92 Å². The molecule has 2 N–H and O–H groups in total. The molecule has 1 aromatic rings. The Bertz CT molecular complexity index is 344. The first-order valence-corrected chi connectivity index (χ1v) is 6.88. The molecule has 0 saturated carbocycles. The van der Waals surface area contributed by atoms with Crippen LogP contribution in [0.25, 0.3) is 0 Å². The van der Waals surface area contributed by atoms with E-state index in [4.69, 9.17) is 4.74 Å². The van der Waals surface area contributed by atoms with Crippen LogP contribution in [0.5, 0.6) is 5.75 Å². The second-order valence-electron chi connectivity index (χ2n) is 4.98. The van der Waals surface area contributed by atoms with E-state index in [1.807, 2.05) is 12.1 Å². The quantitative estimate of drug-likeness (QED) is 0.841. The van der Waals surface area contributed by atoms with Crippen molar-refractivity contribution in [1.82, 2.24) is 5.32 Å². The lowest BCUT2D eigenvalue weighted by Crippen LogP contribution is -2.40. The molecule has 100 valence electrons. The van der Waals surface area contributed by atoms with Crippen molar-refractivity contribution in [3.63, 3.8) is 0 Å². The summed E-state index contributed by atoms with van der Waals surface area (Å²) in [6, 6.07) is 8.08. The largest absolute Gasteiger partial charge is 0.508 e. The van der Waals surface area contributed by atoms with Crippen LogP contribution in [0.1, 0.15) is 25.3 Å². The maximum Gasteiger partial charge on any atom is 0.115 e. The van der Waals surface area contributed by atoms with E-state index < -0.39 is 0 Å². The minimum atomic E-state index is 0.338. The third-order valence-corrected chi connectivity index (χ3v) is 3.69. The van der Waals surface area contributed by atoms with Crippen LogP contribution in [0.15, 0.2) is 24.3 Å². The molecule has 0 amide bonds. The van der Waals surface area contributed by atoms with E-state index in [2.05, 4.69) is 12.2 Å². The molecule has 0 aromatic heterocycles. The summed E-state index contributed by atoms with van der Waals surface area (Å²) < 4.78 is 5.43. The van der Waals surface area contributed by atoms with Crippen LogP contribution in [0.2, 0.25) is 0 Å². The molecule has 1 aliphatic heterocycles. The fourth-order valence-electron chi connectivity index (χ4n) is 2.67. The molecule has 3 heteroatoms. The van der Waals surface area contributed by atoms with Crippen LogP contribution >= 0.6 is 0 Å². The fourth-order valence-corrected chi connectivity index (χ4v) is 2.67. The molecular weight excluding hydrogens is 226 g/mol. The Balaban J connectivity index is 1.98. The van der Waals surface area contributed by atoms with Crippen molar-refractivity contribution in [3.05, 3.63) is 29.8 Å². The Morgan fingerprint density at radius 3 is 2.56 bits per heavy atom. The molecule has 1 atom stereocenters. The molecule has 0 radical (unpaired) electrons. The van der Waals surface area contributed by atoms with Gasteiger partial charge in [0.15, 0.2) is 0 Å². The number of hydrogen-bond donors (Lipinski definition) is 2. The third kappa shape index (κ3) is 3.72. The van der Waals surface area contributed by atoms with Gasteiger partial charge in [-0.2, -0.15) is 0 Å². The van der Waals surface area contributed by atoms with Gasteiger partial charge in [-0.15, -0.1) is 0 Å². The Morgan fingerprint density at radius 2 is 1.94 bits per heavy atom. The van der Waals surface area contributed by atoms with Crippen LogP contribution in [-0.2, 0) is 11.2 Å². The van der Waals surface area contributed by atoms with Gasteiger partial charge in [-0.1, -0.05) is 19.1 Å². The van der Waals surface area contributed by atoms with Crippen molar-refractivity contribution >= 4 is 0 Å². The molecule has 18 heavy (non-hydrogen) atoms. The lowest BCUT2D eigenvalue weighted by atomic mass is 9.87. The minimum Gasteiger partial charge on any atom is -0.508 e. The van der Waals surface area contributed by atoms with E-state index in [1.165, 1.54) is 5.56 Å². The number of ether oxygens (including phenoxy) is 1. The number of phenolic OH excluding ortho intramolecular Hbond substituents is 1. The van der Waals surface area contributed by atoms with Crippen LogP contribution in [0, 0.1) is 5.92 Å². The number of hydrogen-bond acceptors (Lipinski definition) is 3. The highest BCUT2D eigenvalue weighted by Gasteiger charge is 2.23. The number of benzene rings is 1. The normalized spacial score (nSPS) is 18.7. The van der Waals surface area contributed by atoms with Crippen molar-refractivity contribution in [2.75, 3.05) is 19.8 Å². The average molecular weight is 249 g/mol. The lowest BCUT2D eigenvalue weighted by molar-refractivity contribution is 0.0540. The summed E-state index contributed by atoms with van der Waals surface area (Å²) in [4.78, 5) is 0. The topological polar surface area (TPSA) is 41.5 Å². The highest BCUT2D eigenvalue weighted by Crippen LogP contribution is 2.22. The molecule has 3 nitrogen and oxygen atoms in total. The third-order valence-electron chi connectivity index (χ3n) is 3.69. The maximum absolute atomic E-state index is 9.31. The second-order valence-corrected chi connectivity index (χ2v) is 4.98. The van der Waals surface area contributed by atoms with Crippen molar-refractivity contribution < 1.29 is 9.84 Å². The number of rotatable bonds is 5. The van der Waals surface area contributed by atoms with Gasteiger partial charge < -0.3 is 15.2 Å². The number of nitrogens with one attached hydrogen (secondary N) is 1.